The molecule has 0 atom stereocenters. The molecule has 0 spiro atoms. The number of hydrogen-bond donors (Lipinski definition) is 0. The topological polar surface area (TPSA) is 85.6 Å². The Labute approximate surface area is 167 Å². The molecular formula is C21H18ClNO5. The smallest absolute Gasteiger partial charge is 0.349 e. The van der Waals surface area contributed by atoms with Crippen LogP contribution in [0.1, 0.15) is 18.1 Å². The molecule has 0 saturated carbocycles. The number of carbonyl (C=O) groups is 2. The van der Waals surface area contributed by atoms with Crippen LogP contribution in [0.5, 0.6) is 11.5 Å². The number of hydrogen-bond acceptors (Lipinski definition) is 6. The maximum absolute atomic E-state index is 12.0. The van der Waals surface area contributed by atoms with E-state index in [-0.39, 0.29) is 24.5 Å². The minimum atomic E-state index is -0.709. The first-order valence-electron chi connectivity index (χ1n) is 8.41. The fourth-order valence-electron chi connectivity index (χ4n) is 2.19. The molecule has 0 radical (unpaired) electrons. The van der Waals surface area contributed by atoms with E-state index in [1.807, 2.05) is 6.92 Å². The quantitative estimate of drug-likeness (QED) is 0.301. The third-order valence-electron chi connectivity index (χ3n) is 3.50. The molecule has 144 valence electrons. The van der Waals surface area contributed by atoms with E-state index in [0.29, 0.717) is 16.3 Å². The van der Waals surface area contributed by atoms with Crippen molar-refractivity contribution < 1.29 is 23.8 Å². The van der Waals surface area contributed by atoms with Gasteiger partial charge < -0.3 is 14.2 Å². The maximum Gasteiger partial charge on any atom is 0.349 e. The van der Waals surface area contributed by atoms with Crippen molar-refractivity contribution in [2.24, 2.45) is 0 Å². The molecule has 0 bridgehead atoms. The first-order valence-corrected chi connectivity index (χ1v) is 8.79. The second kappa shape index (κ2) is 10.1. The number of nitrogens with zero attached hydrogens (tertiary/aromatic N) is 1. The second-order valence-electron chi connectivity index (χ2n) is 5.64. The average Bonchev–Trinajstić information content (AvgIpc) is 2.67. The highest BCUT2D eigenvalue weighted by atomic mass is 35.5. The van der Waals surface area contributed by atoms with Crippen LogP contribution in [-0.2, 0) is 14.3 Å². The zero-order valence-electron chi connectivity index (χ0n) is 15.4. The summed E-state index contributed by atoms with van der Waals surface area (Å²) in [6.07, 6.45) is 1.36. The van der Waals surface area contributed by atoms with Crippen molar-refractivity contribution in [2.45, 2.75) is 13.8 Å². The Morgan fingerprint density at radius 2 is 1.96 bits per heavy atom. The summed E-state index contributed by atoms with van der Waals surface area (Å²) < 4.78 is 15.4. The van der Waals surface area contributed by atoms with Crippen molar-refractivity contribution in [1.82, 2.24) is 0 Å². The van der Waals surface area contributed by atoms with Crippen LogP contribution in [0.25, 0.3) is 6.08 Å². The van der Waals surface area contributed by atoms with Crippen molar-refractivity contribution in [3.8, 4) is 17.6 Å². The highest BCUT2D eigenvalue weighted by molar-refractivity contribution is 6.31. The van der Waals surface area contributed by atoms with Crippen LogP contribution < -0.4 is 9.47 Å². The standard InChI is InChI=1S/C21H18ClNO5/c1-3-26-21(25)16(12-23)10-15-5-4-6-18(11-15)28-20(24)13-27-17-7-8-19(22)14(2)9-17/h4-11H,3,13H2,1-2H3/b16-10+. The number of ether oxygens (including phenoxy) is 3. The number of benzene rings is 2. The second-order valence-corrected chi connectivity index (χ2v) is 6.04. The Morgan fingerprint density at radius 3 is 2.64 bits per heavy atom. The third-order valence-corrected chi connectivity index (χ3v) is 3.93. The van der Waals surface area contributed by atoms with Crippen LogP contribution in [-0.4, -0.2) is 25.2 Å². The molecule has 6 nitrogen and oxygen atoms in total. The van der Waals surface area contributed by atoms with E-state index in [9.17, 15) is 9.59 Å². The van der Waals surface area contributed by atoms with Crippen molar-refractivity contribution in [2.75, 3.05) is 13.2 Å². The molecule has 0 unspecified atom stereocenters. The number of carbonyl (C=O) groups excluding carboxylic acids is 2. The predicted molar refractivity (Wildman–Crippen MR) is 104 cm³/mol. The van der Waals surface area contributed by atoms with Crippen LogP contribution >= 0.6 is 11.6 Å². The summed E-state index contributed by atoms with van der Waals surface area (Å²) >= 11 is 5.95. The van der Waals surface area contributed by atoms with Gasteiger partial charge in [0.2, 0.25) is 0 Å². The van der Waals surface area contributed by atoms with Crippen LogP contribution in [0.3, 0.4) is 0 Å². The molecule has 28 heavy (non-hydrogen) atoms. The first kappa shape index (κ1) is 21.0. The molecule has 0 aromatic heterocycles. The highest BCUT2D eigenvalue weighted by Crippen LogP contribution is 2.21. The minimum absolute atomic E-state index is 0.147. The molecule has 0 aliphatic carbocycles. The number of nitriles is 1. The SMILES string of the molecule is CCOC(=O)/C(C#N)=C/c1cccc(OC(=O)COc2ccc(Cl)c(C)c2)c1. The van der Waals surface area contributed by atoms with Gasteiger partial charge in [0.1, 0.15) is 23.1 Å². The lowest BCUT2D eigenvalue weighted by molar-refractivity contribution is -0.138. The van der Waals surface area contributed by atoms with Crippen molar-refractivity contribution in [3.63, 3.8) is 0 Å². The fourth-order valence-corrected chi connectivity index (χ4v) is 2.31. The predicted octanol–water partition coefficient (Wildman–Crippen LogP) is 4.10. The van der Waals surface area contributed by atoms with Crippen LogP contribution in [0.15, 0.2) is 48.0 Å². The van der Waals surface area contributed by atoms with E-state index in [4.69, 9.17) is 31.1 Å². The maximum atomic E-state index is 12.0. The minimum Gasteiger partial charge on any atom is -0.482 e. The molecule has 0 aliphatic heterocycles. The van der Waals surface area contributed by atoms with Gasteiger partial charge in [-0.3, -0.25) is 0 Å². The normalized spacial score (nSPS) is 10.7. The molecule has 0 N–H and O–H groups in total. The van der Waals surface area contributed by atoms with Gasteiger partial charge in [0, 0.05) is 5.02 Å². The Balaban J connectivity index is 2.01. The summed E-state index contributed by atoms with van der Waals surface area (Å²) in [5, 5.41) is 9.70. The molecule has 7 heteroatoms. The van der Waals surface area contributed by atoms with Crippen LogP contribution in [0, 0.1) is 18.3 Å². The number of esters is 2. The Kier molecular flexibility index (Phi) is 7.61. The van der Waals surface area contributed by atoms with Gasteiger partial charge in [0.05, 0.1) is 6.61 Å². The number of halogens is 1. The Morgan fingerprint density at radius 1 is 1.18 bits per heavy atom. The van der Waals surface area contributed by atoms with Gasteiger partial charge in [-0.2, -0.15) is 5.26 Å². The molecular weight excluding hydrogens is 382 g/mol. The van der Waals surface area contributed by atoms with Crippen LogP contribution in [0.2, 0.25) is 5.02 Å². The largest absolute Gasteiger partial charge is 0.482 e. The van der Waals surface area contributed by atoms with E-state index >= 15 is 0 Å². The zero-order valence-corrected chi connectivity index (χ0v) is 16.2. The molecule has 0 heterocycles. The summed E-state index contributed by atoms with van der Waals surface area (Å²) in [7, 11) is 0. The summed E-state index contributed by atoms with van der Waals surface area (Å²) in [5.41, 5.74) is 1.21. The molecule has 2 aromatic rings. The lowest BCUT2D eigenvalue weighted by Gasteiger charge is -2.08. The Hall–Kier alpha value is -3.30. The summed E-state index contributed by atoms with van der Waals surface area (Å²) in [4.78, 5) is 23.7. The molecule has 0 aliphatic rings. The van der Waals surface area contributed by atoms with E-state index in [1.165, 1.54) is 12.1 Å². The van der Waals surface area contributed by atoms with Crippen molar-refractivity contribution >= 4 is 29.6 Å². The number of rotatable bonds is 7. The summed E-state index contributed by atoms with van der Waals surface area (Å²) in [5.74, 6) is -0.543. The Bertz CT molecular complexity index is 946. The average molecular weight is 400 g/mol. The zero-order chi connectivity index (χ0) is 20.5. The van der Waals surface area contributed by atoms with Crippen molar-refractivity contribution in [3.05, 3.63) is 64.2 Å². The van der Waals surface area contributed by atoms with Gasteiger partial charge in [0.15, 0.2) is 6.61 Å². The van der Waals surface area contributed by atoms with E-state index in [1.54, 1.807) is 49.4 Å². The fraction of sp³-hybridized carbons (Fsp3) is 0.190. The van der Waals surface area contributed by atoms with Gasteiger partial charge in [-0.15, -0.1) is 0 Å². The third kappa shape index (κ3) is 6.15. The monoisotopic (exact) mass is 399 g/mol. The molecule has 2 aromatic carbocycles. The van der Waals surface area contributed by atoms with Crippen LogP contribution in [0.4, 0.5) is 0 Å². The lowest BCUT2D eigenvalue weighted by Crippen LogP contribution is -2.17. The highest BCUT2D eigenvalue weighted by Gasteiger charge is 2.11. The van der Waals surface area contributed by atoms with Gasteiger partial charge in [-0.05, 0) is 61.4 Å². The lowest BCUT2D eigenvalue weighted by atomic mass is 10.1. The van der Waals surface area contributed by atoms with Gasteiger partial charge >= 0.3 is 11.9 Å². The molecule has 0 saturated heterocycles. The summed E-state index contributed by atoms with van der Waals surface area (Å²) in [6, 6.07) is 13.3. The molecule has 0 fully saturated rings. The molecule has 0 amide bonds. The van der Waals surface area contributed by atoms with Crippen molar-refractivity contribution in [1.29, 1.82) is 5.26 Å². The summed E-state index contributed by atoms with van der Waals surface area (Å²) in [6.45, 7) is 3.37. The van der Waals surface area contributed by atoms with Gasteiger partial charge in [-0.25, -0.2) is 9.59 Å². The van der Waals surface area contributed by atoms with E-state index in [2.05, 4.69) is 0 Å². The van der Waals surface area contributed by atoms with Gasteiger partial charge in [-0.1, -0.05) is 23.7 Å². The molecule has 2 rings (SSSR count). The first-order chi connectivity index (χ1) is 13.4. The van der Waals surface area contributed by atoms with E-state index < -0.39 is 11.9 Å². The van der Waals surface area contributed by atoms with Gasteiger partial charge in [0.25, 0.3) is 0 Å². The number of aryl methyl sites for hydroxylation is 1. The van der Waals surface area contributed by atoms with E-state index in [0.717, 1.165) is 5.56 Å².